The van der Waals surface area contributed by atoms with Crippen LogP contribution >= 0.6 is 0 Å². The molecule has 2 N–H and O–H groups in total. The standard InChI is InChI=1S/C33H30N2O5/c1-4-40-32(37)33(38,24-15-9-6-10-16-24)30-22(2)26-21-25(39-3)19-20-28(26)35(30)29-18-12-11-17-27(29)34-31(36)23-13-7-5-8-14-23/h5-21,38H,4H2,1-3H3,(H,34,36). The number of benzene rings is 4. The summed E-state index contributed by atoms with van der Waals surface area (Å²) in [5.74, 6) is -0.455. The topological polar surface area (TPSA) is 89.8 Å². The highest BCUT2D eigenvalue weighted by Gasteiger charge is 2.46. The number of carbonyl (C=O) groups is 2. The number of methoxy groups -OCH3 is 1. The van der Waals surface area contributed by atoms with Crippen molar-refractivity contribution < 1.29 is 24.2 Å². The Labute approximate surface area is 232 Å². The van der Waals surface area contributed by atoms with E-state index < -0.39 is 11.6 Å². The summed E-state index contributed by atoms with van der Waals surface area (Å²) in [6.45, 7) is 3.64. The summed E-state index contributed by atoms with van der Waals surface area (Å²) >= 11 is 0. The van der Waals surface area contributed by atoms with Gasteiger partial charge in [0.05, 0.1) is 36.3 Å². The van der Waals surface area contributed by atoms with Crippen LogP contribution in [0.4, 0.5) is 5.69 Å². The number of hydrogen-bond donors (Lipinski definition) is 2. The van der Waals surface area contributed by atoms with Crippen molar-refractivity contribution in [2.45, 2.75) is 19.4 Å². The zero-order chi connectivity index (χ0) is 28.3. The predicted molar refractivity (Wildman–Crippen MR) is 155 cm³/mol. The number of aromatic nitrogens is 1. The molecule has 7 heteroatoms. The molecule has 7 nitrogen and oxygen atoms in total. The van der Waals surface area contributed by atoms with Crippen molar-refractivity contribution in [2.24, 2.45) is 0 Å². The van der Waals surface area contributed by atoms with Gasteiger partial charge in [0.2, 0.25) is 5.60 Å². The van der Waals surface area contributed by atoms with Crippen LogP contribution in [0.25, 0.3) is 16.6 Å². The van der Waals surface area contributed by atoms with Crippen molar-refractivity contribution in [3.05, 3.63) is 126 Å². The SMILES string of the molecule is CCOC(=O)C(O)(c1ccccc1)c1c(C)c2cc(OC)ccc2n1-c1ccccc1NC(=O)c1ccccc1. The Morgan fingerprint density at radius 1 is 0.900 bits per heavy atom. The van der Waals surface area contributed by atoms with Crippen LogP contribution in [0.5, 0.6) is 5.75 Å². The zero-order valence-corrected chi connectivity index (χ0v) is 22.5. The summed E-state index contributed by atoms with van der Waals surface area (Å²) < 4.78 is 12.8. The maximum absolute atomic E-state index is 13.7. The highest BCUT2D eigenvalue weighted by Crippen LogP contribution is 2.42. The van der Waals surface area contributed by atoms with Crippen LogP contribution in [0.1, 0.15) is 34.1 Å². The van der Waals surface area contributed by atoms with Gasteiger partial charge in [-0.2, -0.15) is 0 Å². The van der Waals surface area contributed by atoms with E-state index in [1.165, 1.54) is 0 Å². The minimum atomic E-state index is -2.16. The molecule has 0 aliphatic rings. The number of aliphatic hydroxyl groups is 1. The molecule has 5 aromatic rings. The molecule has 40 heavy (non-hydrogen) atoms. The molecule has 5 rings (SSSR count). The Bertz CT molecular complexity index is 1680. The molecule has 0 saturated heterocycles. The van der Waals surface area contributed by atoms with Gasteiger partial charge in [0, 0.05) is 16.5 Å². The van der Waals surface area contributed by atoms with E-state index in [2.05, 4.69) is 5.32 Å². The first-order chi connectivity index (χ1) is 19.4. The van der Waals surface area contributed by atoms with E-state index in [4.69, 9.17) is 9.47 Å². The zero-order valence-electron chi connectivity index (χ0n) is 22.5. The number of ether oxygens (including phenoxy) is 2. The van der Waals surface area contributed by atoms with E-state index in [1.54, 1.807) is 68.6 Å². The van der Waals surface area contributed by atoms with Gasteiger partial charge in [0.1, 0.15) is 5.75 Å². The molecule has 1 unspecified atom stereocenters. The molecule has 202 valence electrons. The lowest BCUT2D eigenvalue weighted by Crippen LogP contribution is -2.41. The number of nitrogens with zero attached hydrogens (tertiary/aromatic N) is 1. The summed E-state index contributed by atoms with van der Waals surface area (Å²) in [4.78, 5) is 26.9. The number of hydrogen-bond acceptors (Lipinski definition) is 5. The third-order valence-corrected chi connectivity index (χ3v) is 6.96. The van der Waals surface area contributed by atoms with Gasteiger partial charge in [-0.25, -0.2) is 4.79 Å². The molecule has 0 bridgehead atoms. The molecule has 0 radical (unpaired) electrons. The molecule has 4 aromatic carbocycles. The Balaban J connectivity index is 1.82. The molecule has 0 aliphatic heterocycles. The molecule has 0 saturated carbocycles. The maximum Gasteiger partial charge on any atom is 0.349 e. The van der Waals surface area contributed by atoms with Crippen LogP contribution in [0.15, 0.2) is 103 Å². The third kappa shape index (κ3) is 4.61. The van der Waals surface area contributed by atoms with Crippen LogP contribution in [0.3, 0.4) is 0 Å². The summed E-state index contributed by atoms with van der Waals surface area (Å²) in [6.07, 6.45) is 0. The fourth-order valence-electron chi connectivity index (χ4n) is 5.06. The van der Waals surface area contributed by atoms with Gasteiger partial charge >= 0.3 is 5.97 Å². The summed E-state index contributed by atoms with van der Waals surface area (Å²) in [5.41, 5.74) is 1.46. The van der Waals surface area contributed by atoms with Crippen LogP contribution in [-0.2, 0) is 15.1 Å². The highest BCUT2D eigenvalue weighted by atomic mass is 16.5. The Morgan fingerprint density at radius 3 is 2.23 bits per heavy atom. The predicted octanol–water partition coefficient (Wildman–Crippen LogP) is 6.00. The van der Waals surface area contributed by atoms with Crippen molar-refractivity contribution in [1.82, 2.24) is 4.57 Å². The van der Waals surface area contributed by atoms with E-state index in [9.17, 15) is 14.7 Å². The molecule has 1 amide bonds. The quantitative estimate of drug-likeness (QED) is 0.238. The van der Waals surface area contributed by atoms with Gasteiger partial charge in [0.25, 0.3) is 5.91 Å². The second-order valence-corrected chi connectivity index (χ2v) is 9.33. The lowest BCUT2D eigenvalue weighted by Gasteiger charge is -2.29. The first kappa shape index (κ1) is 26.7. The molecule has 0 spiro atoms. The van der Waals surface area contributed by atoms with E-state index in [1.807, 2.05) is 60.0 Å². The van der Waals surface area contributed by atoms with E-state index in [0.717, 1.165) is 5.39 Å². The number of anilines is 1. The maximum atomic E-state index is 13.7. The summed E-state index contributed by atoms with van der Waals surface area (Å²) in [6, 6.07) is 30.5. The number of esters is 1. The number of amides is 1. The van der Waals surface area contributed by atoms with E-state index >= 15 is 0 Å². The molecule has 1 atom stereocenters. The van der Waals surface area contributed by atoms with Crippen molar-refractivity contribution in [3.63, 3.8) is 0 Å². The third-order valence-electron chi connectivity index (χ3n) is 6.96. The van der Waals surface area contributed by atoms with E-state index in [0.29, 0.717) is 45.0 Å². The molecule has 1 heterocycles. The Morgan fingerprint density at radius 2 is 1.55 bits per heavy atom. The number of para-hydroxylation sites is 2. The van der Waals surface area contributed by atoms with Gasteiger partial charge in [-0.1, -0.05) is 60.7 Å². The van der Waals surface area contributed by atoms with Crippen LogP contribution in [-0.4, -0.2) is 35.3 Å². The Hall–Kier alpha value is -4.88. The monoisotopic (exact) mass is 534 g/mol. The fourth-order valence-corrected chi connectivity index (χ4v) is 5.06. The lowest BCUT2D eigenvalue weighted by atomic mass is 9.87. The Kier molecular flexibility index (Phi) is 7.40. The number of aryl methyl sites for hydroxylation is 1. The second kappa shape index (κ2) is 11.1. The van der Waals surface area contributed by atoms with Gasteiger partial charge in [0.15, 0.2) is 0 Å². The average Bonchev–Trinajstić information content (AvgIpc) is 3.29. The normalized spacial score (nSPS) is 12.5. The van der Waals surface area contributed by atoms with Gasteiger partial charge < -0.3 is 24.5 Å². The fraction of sp³-hybridized carbons (Fsp3) is 0.152. The van der Waals surface area contributed by atoms with Crippen LogP contribution < -0.4 is 10.1 Å². The summed E-state index contributed by atoms with van der Waals surface area (Å²) in [7, 11) is 1.59. The number of rotatable bonds is 8. The first-order valence-corrected chi connectivity index (χ1v) is 13.0. The molecule has 0 aliphatic carbocycles. The molecular formula is C33H30N2O5. The van der Waals surface area contributed by atoms with E-state index in [-0.39, 0.29) is 12.5 Å². The first-order valence-electron chi connectivity index (χ1n) is 13.0. The molecule has 0 fully saturated rings. The highest BCUT2D eigenvalue weighted by molar-refractivity contribution is 6.05. The van der Waals surface area contributed by atoms with Crippen LogP contribution in [0, 0.1) is 6.92 Å². The van der Waals surface area contributed by atoms with Crippen LogP contribution in [0.2, 0.25) is 0 Å². The van der Waals surface area contributed by atoms with Gasteiger partial charge in [-0.15, -0.1) is 0 Å². The van der Waals surface area contributed by atoms with Gasteiger partial charge in [-0.3, -0.25) is 4.79 Å². The van der Waals surface area contributed by atoms with Crippen molar-refractivity contribution >= 4 is 28.5 Å². The molecular weight excluding hydrogens is 504 g/mol. The molecule has 1 aromatic heterocycles. The van der Waals surface area contributed by atoms with Gasteiger partial charge in [-0.05, 0) is 61.9 Å². The lowest BCUT2D eigenvalue weighted by molar-refractivity contribution is -0.162. The number of fused-ring (bicyclic) bond motifs is 1. The smallest absolute Gasteiger partial charge is 0.349 e. The van der Waals surface area contributed by atoms with Crippen molar-refractivity contribution in [3.8, 4) is 11.4 Å². The van der Waals surface area contributed by atoms with Crippen molar-refractivity contribution in [2.75, 3.05) is 19.0 Å². The minimum absolute atomic E-state index is 0.0881. The number of carbonyl (C=O) groups excluding carboxylic acids is 2. The van der Waals surface area contributed by atoms with Crippen molar-refractivity contribution in [1.29, 1.82) is 0 Å². The number of nitrogens with one attached hydrogen (secondary N) is 1. The average molecular weight is 535 g/mol. The largest absolute Gasteiger partial charge is 0.497 e. The minimum Gasteiger partial charge on any atom is -0.497 e. The summed E-state index contributed by atoms with van der Waals surface area (Å²) in [5, 5.41) is 16.2. The second-order valence-electron chi connectivity index (χ2n) is 9.33.